The van der Waals surface area contributed by atoms with E-state index in [4.69, 9.17) is 9.15 Å². The van der Waals surface area contributed by atoms with Crippen molar-refractivity contribution in [3.8, 4) is 11.3 Å². The van der Waals surface area contributed by atoms with Gasteiger partial charge in [-0.2, -0.15) is 0 Å². The van der Waals surface area contributed by atoms with Crippen molar-refractivity contribution in [2.45, 2.75) is 12.6 Å². The number of aromatic nitrogens is 1. The van der Waals surface area contributed by atoms with Crippen molar-refractivity contribution >= 4 is 5.91 Å². The predicted octanol–water partition coefficient (Wildman–Crippen LogP) is 0.974. The molecule has 7 nitrogen and oxygen atoms in total. The van der Waals surface area contributed by atoms with Gasteiger partial charge in [0.1, 0.15) is 6.04 Å². The third-order valence-corrected chi connectivity index (χ3v) is 4.87. The molecule has 1 unspecified atom stereocenters. The van der Waals surface area contributed by atoms with Gasteiger partial charge in [-0.05, 0) is 0 Å². The lowest BCUT2D eigenvalue weighted by atomic mass is 10.2. The number of carbonyl (C=O) groups excluding carboxylic acids is 1. The third-order valence-electron chi connectivity index (χ3n) is 4.87. The number of carbonyl (C=O) groups is 1. The van der Waals surface area contributed by atoms with E-state index in [0.29, 0.717) is 25.6 Å². The largest absolute Gasteiger partial charge is 0.439 e. The number of benzene rings is 1. The SMILES string of the molecule is O=C(C1COCCN1)N1CCN(Cc2ncc(-c3ccccc3)o2)CC1. The first-order chi connectivity index (χ1) is 12.8. The lowest BCUT2D eigenvalue weighted by molar-refractivity contribution is -0.138. The molecule has 1 atom stereocenters. The zero-order valence-corrected chi connectivity index (χ0v) is 14.8. The molecule has 1 amide bonds. The molecular formula is C19H24N4O3. The van der Waals surface area contributed by atoms with Crippen LogP contribution in [-0.2, 0) is 16.1 Å². The Kier molecular flexibility index (Phi) is 5.29. The van der Waals surface area contributed by atoms with E-state index in [1.807, 2.05) is 35.2 Å². The van der Waals surface area contributed by atoms with E-state index < -0.39 is 0 Å². The summed E-state index contributed by atoms with van der Waals surface area (Å²) in [5.41, 5.74) is 1.03. The van der Waals surface area contributed by atoms with E-state index in [1.54, 1.807) is 6.20 Å². The molecule has 1 aromatic carbocycles. The van der Waals surface area contributed by atoms with Crippen LogP contribution in [0.4, 0.5) is 0 Å². The van der Waals surface area contributed by atoms with Crippen molar-refractivity contribution in [2.24, 2.45) is 0 Å². The average molecular weight is 356 g/mol. The molecule has 1 N–H and O–H groups in total. The minimum atomic E-state index is -0.199. The molecule has 2 aromatic rings. The second kappa shape index (κ2) is 7.99. The second-order valence-corrected chi connectivity index (χ2v) is 6.67. The standard InChI is InChI=1S/C19H24N4O3/c24-19(16-14-25-11-6-20-16)23-9-7-22(8-10-23)13-18-21-12-17(26-18)15-4-2-1-3-5-15/h1-5,12,16,20H,6-11,13-14H2. The summed E-state index contributed by atoms with van der Waals surface area (Å²) in [5, 5.41) is 3.23. The molecule has 0 radical (unpaired) electrons. The van der Waals surface area contributed by atoms with Crippen LogP contribution in [-0.4, -0.2) is 72.7 Å². The topological polar surface area (TPSA) is 70.8 Å². The summed E-state index contributed by atoms with van der Waals surface area (Å²) in [7, 11) is 0. The number of hydrogen-bond donors (Lipinski definition) is 1. The molecule has 26 heavy (non-hydrogen) atoms. The van der Waals surface area contributed by atoms with Crippen LogP contribution in [0, 0.1) is 0 Å². The van der Waals surface area contributed by atoms with E-state index in [2.05, 4.69) is 15.2 Å². The predicted molar refractivity (Wildman–Crippen MR) is 96.4 cm³/mol. The zero-order valence-electron chi connectivity index (χ0n) is 14.8. The van der Waals surface area contributed by atoms with Crippen molar-refractivity contribution in [1.82, 2.24) is 20.1 Å². The fourth-order valence-corrected chi connectivity index (χ4v) is 3.38. The number of morpholine rings is 1. The van der Waals surface area contributed by atoms with Gasteiger partial charge in [0, 0.05) is 38.3 Å². The highest BCUT2D eigenvalue weighted by molar-refractivity contribution is 5.82. The summed E-state index contributed by atoms with van der Waals surface area (Å²) in [6.45, 7) is 5.65. The van der Waals surface area contributed by atoms with Crippen LogP contribution in [0.5, 0.6) is 0 Å². The normalized spacial score (nSPS) is 21.7. The maximum absolute atomic E-state index is 12.5. The quantitative estimate of drug-likeness (QED) is 0.880. The molecule has 0 saturated carbocycles. The number of hydrogen-bond acceptors (Lipinski definition) is 6. The Bertz CT molecular complexity index is 719. The number of amides is 1. The van der Waals surface area contributed by atoms with E-state index in [1.165, 1.54) is 0 Å². The second-order valence-electron chi connectivity index (χ2n) is 6.67. The molecule has 0 bridgehead atoms. The lowest BCUT2D eigenvalue weighted by Crippen LogP contribution is -2.57. The van der Waals surface area contributed by atoms with Gasteiger partial charge in [-0.1, -0.05) is 30.3 Å². The van der Waals surface area contributed by atoms with Crippen LogP contribution in [0.2, 0.25) is 0 Å². The molecule has 7 heteroatoms. The first-order valence-electron chi connectivity index (χ1n) is 9.12. The number of ether oxygens (including phenoxy) is 1. The molecule has 138 valence electrons. The third kappa shape index (κ3) is 3.95. The summed E-state index contributed by atoms with van der Waals surface area (Å²) in [4.78, 5) is 21.1. The Morgan fingerprint density at radius 3 is 2.73 bits per heavy atom. The van der Waals surface area contributed by atoms with Gasteiger partial charge in [0.15, 0.2) is 5.76 Å². The molecular weight excluding hydrogens is 332 g/mol. The number of rotatable bonds is 4. The van der Waals surface area contributed by atoms with E-state index in [9.17, 15) is 4.79 Å². The highest BCUT2D eigenvalue weighted by Crippen LogP contribution is 2.20. The van der Waals surface area contributed by atoms with Gasteiger partial charge in [0.2, 0.25) is 11.8 Å². The summed E-state index contributed by atoms with van der Waals surface area (Å²) in [6.07, 6.45) is 1.78. The van der Waals surface area contributed by atoms with Crippen LogP contribution in [0.25, 0.3) is 11.3 Å². The molecule has 0 aliphatic carbocycles. The average Bonchev–Trinajstić information content (AvgIpc) is 3.18. The van der Waals surface area contributed by atoms with Crippen LogP contribution in [0.3, 0.4) is 0 Å². The van der Waals surface area contributed by atoms with Gasteiger partial charge in [-0.3, -0.25) is 9.69 Å². The van der Waals surface area contributed by atoms with Gasteiger partial charge < -0.3 is 19.4 Å². The lowest BCUT2D eigenvalue weighted by Gasteiger charge is -2.36. The Balaban J connectivity index is 1.29. The molecule has 1 aromatic heterocycles. The fraction of sp³-hybridized carbons (Fsp3) is 0.474. The van der Waals surface area contributed by atoms with Gasteiger partial charge in [-0.25, -0.2) is 4.98 Å². The highest BCUT2D eigenvalue weighted by Gasteiger charge is 2.29. The summed E-state index contributed by atoms with van der Waals surface area (Å²) in [6, 6.07) is 9.78. The number of piperazine rings is 1. The van der Waals surface area contributed by atoms with Crippen LogP contribution >= 0.6 is 0 Å². The first kappa shape index (κ1) is 17.2. The van der Waals surface area contributed by atoms with Crippen molar-refractivity contribution in [1.29, 1.82) is 0 Å². The van der Waals surface area contributed by atoms with Gasteiger partial charge in [-0.15, -0.1) is 0 Å². The highest BCUT2D eigenvalue weighted by atomic mass is 16.5. The number of nitrogens with one attached hydrogen (secondary N) is 1. The first-order valence-corrected chi connectivity index (χ1v) is 9.12. The Labute approximate surface area is 152 Å². The molecule has 2 aliphatic rings. The zero-order chi connectivity index (χ0) is 17.8. The Morgan fingerprint density at radius 2 is 2.00 bits per heavy atom. The number of nitrogens with zero attached hydrogens (tertiary/aromatic N) is 3. The van der Waals surface area contributed by atoms with Crippen molar-refractivity contribution in [2.75, 3.05) is 45.9 Å². The van der Waals surface area contributed by atoms with Gasteiger partial charge in [0.25, 0.3) is 0 Å². The molecule has 2 saturated heterocycles. The molecule has 2 aliphatic heterocycles. The van der Waals surface area contributed by atoms with Crippen molar-refractivity contribution < 1.29 is 13.9 Å². The molecule has 0 spiro atoms. The van der Waals surface area contributed by atoms with Crippen LogP contribution in [0.1, 0.15) is 5.89 Å². The van der Waals surface area contributed by atoms with E-state index in [0.717, 1.165) is 44.0 Å². The molecule has 2 fully saturated rings. The summed E-state index contributed by atoms with van der Waals surface area (Å²) < 4.78 is 11.3. The summed E-state index contributed by atoms with van der Waals surface area (Å²) >= 11 is 0. The molecule has 3 heterocycles. The van der Waals surface area contributed by atoms with E-state index >= 15 is 0 Å². The van der Waals surface area contributed by atoms with Gasteiger partial charge >= 0.3 is 0 Å². The fourth-order valence-electron chi connectivity index (χ4n) is 3.38. The Hall–Kier alpha value is -2.22. The van der Waals surface area contributed by atoms with Gasteiger partial charge in [0.05, 0.1) is 26.0 Å². The van der Waals surface area contributed by atoms with Crippen molar-refractivity contribution in [3.63, 3.8) is 0 Å². The monoisotopic (exact) mass is 356 g/mol. The smallest absolute Gasteiger partial charge is 0.242 e. The van der Waals surface area contributed by atoms with Crippen LogP contribution in [0.15, 0.2) is 40.9 Å². The van der Waals surface area contributed by atoms with Crippen molar-refractivity contribution in [3.05, 3.63) is 42.4 Å². The van der Waals surface area contributed by atoms with Crippen LogP contribution < -0.4 is 5.32 Å². The maximum Gasteiger partial charge on any atom is 0.242 e. The maximum atomic E-state index is 12.5. The minimum absolute atomic E-state index is 0.145. The Morgan fingerprint density at radius 1 is 1.19 bits per heavy atom. The van der Waals surface area contributed by atoms with E-state index in [-0.39, 0.29) is 11.9 Å². The molecule has 4 rings (SSSR count). The number of oxazole rings is 1. The minimum Gasteiger partial charge on any atom is -0.439 e. The summed E-state index contributed by atoms with van der Waals surface area (Å²) in [5.74, 6) is 1.65.